The Morgan fingerprint density at radius 2 is 1.82 bits per heavy atom. The number of hydrogen-bond acceptors (Lipinski definition) is 4. The third kappa shape index (κ3) is 6.01. The van der Waals surface area contributed by atoms with Gasteiger partial charge in [-0.3, -0.25) is 14.5 Å². The van der Waals surface area contributed by atoms with Crippen molar-refractivity contribution >= 4 is 11.8 Å². The molecule has 154 valence electrons. The molecule has 7 heteroatoms. The molecule has 0 unspecified atom stereocenters. The molecule has 0 aromatic heterocycles. The average Bonchev–Trinajstić information content (AvgIpc) is 2.73. The number of rotatable bonds is 7. The molecule has 6 nitrogen and oxygen atoms in total. The number of nitrogens with zero attached hydrogens (tertiary/aromatic N) is 2. The van der Waals surface area contributed by atoms with Crippen molar-refractivity contribution in [3.8, 4) is 0 Å². The van der Waals surface area contributed by atoms with E-state index in [1.807, 2.05) is 0 Å². The second-order valence-electron chi connectivity index (χ2n) is 7.56. The van der Waals surface area contributed by atoms with Crippen molar-refractivity contribution in [3.63, 3.8) is 0 Å². The summed E-state index contributed by atoms with van der Waals surface area (Å²) in [6, 6.07) is 6.12. The second-order valence-corrected chi connectivity index (χ2v) is 7.56. The van der Waals surface area contributed by atoms with Crippen LogP contribution in [0.2, 0.25) is 0 Å². The number of morpholine rings is 1. The van der Waals surface area contributed by atoms with Gasteiger partial charge in [0.1, 0.15) is 5.82 Å². The highest BCUT2D eigenvalue weighted by Crippen LogP contribution is 2.23. The number of hydrogen-bond donors (Lipinski definition) is 1. The summed E-state index contributed by atoms with van der Waals surface area (Å²) in [4.78, 5) is 28.5. The largest absolute Gasteiger partial charge is 0.379 e. The van der Waals surface area contributed by atoms with Gasteiger partial charge in [0.05, 0.1) is 18.8 Å². The van der Waals surface area contributed by atoms with Crippen molar-refractivity contribution in [1.29, 1.82) is 0 Å². The average molecular weight is 391 g/mol. The van der Waals surface area contributed by atoms with Gasteiger partial charge in [-0.1, -0.05) is 12.1 Å². The van der Waals surface area contributed by atoms with Crippen LogP contribution in [0.5, 0.6) is 0 Å². The van der Waals surface area contributed by atoms with E-state index in [1.54, 1.807) is 17.0 Å². The van der Waals surface area contributed by atoms with Gasteiger partial charge < -0.3 is 15.0 Å². The molecule has 1 aromatic rings. The smallest absolute Gasteiger partial charge is 0.256 e. The Morgan fingerprint density at radius 3 is 2.54 bits per heavy atom. The van der Waals surface area contributed by atoms with Crippen LogP contribution in [0.3, 0.4) is 0 Å². The van der Waals surface area contributed by atoms with Crippen molar-refractivity contribution < 1.29 is 18.7 Å². The maximum absolute atomic E-state index is 13.8. The molecule has 0 atom stereocenters. The minimum absolute atomic E-state index is 0.0955. The summed E-state index contributed by atoms with van der Waals surface area (Å²) in [5.74, 6) is -0.173. The first kappa shape index (κ1) is 20.7. The lowest BCUT2D eigenvalue weighted by Crippen LogP contribution is -2.41. The lowest BCUT2D eigenvalue weighted by atomic mass is 9.91. The third-order valence-corrected chi connectivity index (χ3v) is 5.64. The Kier molecular flexibility index (Phi) is 7.80. The van der Waals surface area contributed by atoms with Crippen molar-refractivity contribution in [2.24, 2.45) is 5.92 Å². The summed E-state index contributed by atoms with van der Waals surface area (Å²) in [6.07, 6.45) is 3.09. The molecule has 3 rings (SSSR count). The Labute approximate surface area is 166 Å². The van der Waals surface area contributed by atoms with Gasteiger partial charge in [0.15, 0.2) is 0 Å². The maximum atomic E-state index is 13.8. The van der Waals surface area contributed by atoms with E-state index in [2.05, 4.69) is 10.2 Å². The summed E-state index contributed by atoms with van der Waals surface area (Å²) < 4.78 is 19.1. The third-order valence-electron chi connectivity index (χ3n) is 5.64. The number of amides is 2. The predicted molar refractivity (Wildman–Crippen MR) is 105 cm³/mol. The second kappa shape index (κ2) is 10.5. The number of ether oxygens (including phenoxy) is 1. The molecule has 2 heterocycles. The van der Waals surface area contributed by atoms with Crippen LogP contribution in [0.1, 0.15) is 36.0 Å². The summed E-state index contributed by atoms with van der Waals surface area (Å²) in [5, 5.41) is 3.00. The van der Waals surface area contributed by atoms with Gasteiger partial charge >= 0.3 is 0 Å². The molecule has 2 amide bonds. The van der Waals surface area contributed by atoms with Gasteiger partial charge in [-0.25, -0.2) is 4.39 Å². The van der Waals surface area contributed by atoms with Crippen LogP contribution in [-0.2, 0) is 9.53 Å². The van der Waals surface area contributed by atoms with E-state index in [0.717, 1.165) is 52.1 Å². The fourth-order valence-corrected chi connectivity index (χ4v) is 3.83. The number of halogens is 1. The van der Waals surface area contributed by atoms with Crippen LogP contribution in [0.25, 0.3) is 0 Å². The minimum atomic E-state index is -0.469. The van der Waals surface area contributed by atoms with E-state index < -0.39 is 5.82 Å². The van der Waals surface area contributed by atoms with E-state index in [-0.39, 0.29) is 17.4 Å². The topological polar surface area (TPSA) is 61.9 Å². The Bertz CT molecular complexity index is 656. The molecule has 0 bridgehead atoms. The molecule has 2 fully saturated rings. The molecule has 0 aliphatic carbocycles. The number of piperidine rings is 1. The summed E-state index contributed by atoms with van der Waals surface area (Å²) in [5.41, 5.74) is 0.139. The lowest BCUT2D eigenvalue weighted by Gasteiger charge is -2.32. The molecule has 0 saturated carbocycles. The van der Waals surface area contributed by atoms with Crippen molar-refractivity contribution in [1.82, 2.24) is 15.1 Å². The first-order valence-electron chi connectivity index (χ1n) is 10.2. The standard InChI is InChI=1S/C21H30FN3O3/c22-19-4-2-1-3-18(19)21(27)25-10-7-17(8-11-25)5-6-20(26)23-9-12-24-13-15-28-16-14-24/h1-4,17H,5-16H2,(H,23,26). The molecule has 2 aliphatic rings. The molecule has 0 spiro atoms. The molecule has 28 heavy (non-hydrogen) atoms. The molecular weight excluding hydrogens is 361 g/mol. The lowest BCUT2D eigenvalue weighted by molar-refractivity contribution is -0.121. The first-order chi connectivity index (χ1) is 13.6. The van der Waals surface area contributed by atoms with E-state index in [9.17, 15) is 14.0 Å². The Morgan fingerprint density at radius 1 is 1.11 bits per heavy atom. The number of likely N-dealkylation sites (tertiary alicyclic amines) is 1. The van der Waals surface area contributed by atoms with E-state index >= 15 is 0 Å². The molecule has 1 aromatic carbocycles. The number of benzene rings is 1. The van der Waals surface area contributed by atoms with Gasteiger partial charge in [0, 0.05) is 45.7 Å². The Hall–Kier alpha value is -1.99. The molecule has 0 radical (unpaired) electrons. The van der Waals surface area contributed by atoms with Crippen LogP contribution in [-0.4, -0.2) is 74.1 Å². The zero-order valence-corrected chi connectivity index (χ0v) is 16.4. The summed E-state index contributed by atoms with van der Waals surface area (Å²) in [6.45, 7) is 6.19. The molecular formula is C21H30FN3O3. The van der Waals surface area contributed by atoms with Gasteiger partial charge in [-0.05, 0) is 37.3 Å². The number of carbonyl (C=O) groups is 2. The van der Waals surface area contributed by atoms with Crippen LogP contribution in [0.15, 0.2) is 24.3 Å². The molecule has 1 N–H and O–H groups in total. The highest BCUT2D eigenvalue weighted by molar-refractivity contribution is 5.94. The SMILES string of the molecule is O=C(CCC1CCN(C(=O)c2ccccc2F)CC1)NCCN1CCOCC1. The van der Waals surface area contributed by atoms with Crippen LogP contribution < -0.4 is 5.32 Å². The highest BCUT2D eigenvalue weighted by atomic mass is 19.1. The molecule has 2 aliphatic heterocycles. The van der Waals surface area contributed by atoms with Gasteiger partial charge in [-0.15, -0.1) is 0 Å². The van der Waals surface area contributed by atoms with Crippen LogP contribution in [0.4, 0.5) is 4.39 Å². The zero-order valence-electron chi connectivity index (χ0n) is 16.4. The van der Waals surface area contributed by atoms with Gasteiger partial charge in [0.2, 0.25) is 5.91 Å². The van der Waals surface area contributed by atoms with Crippen LogP contribution >= 0.6 is 0 Å². The number of carbonyl (C=O) groups excluding carboxylic acids is 2. The number of nitrogens with one attached hydrogen (secondary N) is 1. The summed E-state index contributed by atoms with van der Waals surface area (Å²) in [7, 11) is 0. The quantitative estimate of drug-likeness (QED) is 0.771. The van der Waals surface area contributed by atoms with Crippen molar-refractivity contribution in [2.75, 3.05) is 52.5 Å². The minimum Gasteiger partial charge on any atom is -0.379 e. The fraction of sp³-hybridized carbons (Fsp3) is 0.619. The summed E-state index contributed by atoms with van der Waals surface area (Å²) >= 11 is 0. The van der Waals surface area contributed by atoms with Crippen molar-refractivity contribution in [3.05, 3.63) is 35.6 Å². The predicted octanol–water partition coefficient (Wildman–Crippen LogP) is 1.91. The van der Waals surface area contributed by atoms with E-state index in [4.69, 9.17) is 4.74 Å². The normalized spacial score (nSPS) is 18.8. The highest BCUT2D eigenvalue weighted by Gasteiger charge is 2.25. The fourth-order valence-electron chi connectivity index (χ4n) is 3.83. The van der Waals surface area contributed by atoms with E-state index in [1.165, 1.54) is 12.1 Å². The Balaban J connectivity index is 1.31. The maximum Gasteiger partial charge on any atom is 0.256 e. The van der Waals surface area contributed by atoms with Gasteiger partial charge in [-0.2, -0.15) is 0 Å². The van der Waals surface area contributed by atoms with Crippen molar-refractivity contribution in [2.45, 2.75) is 25.7 Å². The van der Waals surface area contributed by atoms with Gasteiger partial charge in [0.25, 0.3) is 5.91 Å². The van der Waals surface area contributed by atoms with E-state index in [0.29, 0.717) is 32.0 Å². The zero-order chi connectivity index (χ0) is 19.8. The monoisotopic (exact) mass is 391 g/mol. The van der Waals surface area contributed by atoms with Crippen LogP contribution in [0, 0.1) is 11.7 Å². The molecule has 2 saturated heterocycles. The first-order valence-corrected chi connectivity index (χ1v) is 10.2.